The highest BCUT2D eigenvalue weighted by atomic mass is 35.5. The molecule has 1 saturated heterocycles. The van der Waals surface area contributed by atoms with E-state index in [1.165, 1.54) is 24.3 Å². The van der Waals surface area contributed by atoms with Gasteiger partial charge in [0.25, 0.3) is 0 Å². The van der Waals surface area contributed by atoms with Crippen molar-refractivity contribution in [2.75, 3.05) is 31.1 Å². The van der Waals surface area contributed by atoms with Gasteiger partial charge in [-0.3, -0.25) is 4.79 Å². The summed E-state index contributed by atoms with van der Waals surface area (Å²) in [6.07, 6.45) is 3.18. The normalized spacial score (nSPS) is 13.8. The molecular weight excluding hydrogens is 505 g/mol. The number of benzene rings is 3. The van der Waals surface area contributed by atoms with Crippen molar-refractivity contribution in [3.8, 4) is 28.1 Å². The second-order valence-electron chi connectivity index (χ2n) is 9.14. The molecule has 0 unspecified atom stereocenters. The molecule has 1 fully saturated rings. The zero-order valence-corrected chi connectivity index (χ0v) is 21.0. The molecule has 2 aromatic heterocycles. The number of carbonyl (C=O) groups excluding carboxylic acids is 1. The van der Waals surface area contributed by atoms with Gasteiger partial charge in [-0.25, -0.2) is 4.39 Å². The molecule has 1 aliphatic rings. The molecule has 7 nitrogen and oxygen atoms in total. The average molecular weight is 528 g/mol. The zero-order chi connectivity index (χ0) is 26.4. The van der Waals surface area contributed by atoms with Gasteiger partial charge < -0.3 is 19.9 Å². The lowest BCUT2D eigenvalue weighted by Crippen LogP contribution is -2.48. The topological polar surface area (TPSA) is 85.4 Å². The number of halogens is 2. The number of piperazine rings is 1. The van der Waals surface area contributed by atoms with Crippen LogP contribution in [0.1, 0.15) is 0 Å². The Balaban J connectivity index is 1.57. The van der Waals surface area contributed by atoms with Crippen LogP contribution < -0.4 is 4.90 Å². The number of fused-ring (bicyclic) bond motifs is 2. The fourth-order valence-corrected chi connectivity index (χ4v) is 5.38. The maximum atomic E-state index is 14.9. The van der Waals surface area contributed by atoms with Crippen LogP contribution in [0.5, 0.6) is 5.75 Å². The molecule has 0 saturated carbocycles. The van der Waals surface area contributed by atoms with Gasteiger partial charge in [-0.05, 0) is 42.5 Å². The van der Waals surface area contributed by atoms with Crippen LogP contribution in [0.3, 0.4) is 0 Å². The lowest BCUT2D eigenvalue weighted by atomic mass is 9.96. The van der Waals surface area contributed by atoms with Crippen LogP contribution in [0.15, 0.2) is 73.4 Å². The first kappa shape index (κ1) is 23.9. The number of hydrogen-bond donors (Lipinski definition) is 2. The van der Waals surface area contributed by atoms with Crippen molar-refractivity contribution >= 4 is 45.0 Å². The third-order valence-electron chi connectivity index (χ3n) is 7.02. The molecule has 0 aliphatic carbocycles. The molecule has 2 N–H and O–H groups in total. The first-order valence-corrected chi connectivity index (χ1v) is 12.5. The van der Waals surface area contributed by atoms with E-state index >= 15 is 0 Å². The predicted octanol–water partition coefficient (Wildman–Crippen LogP) is 5.78. The van der Waals surface area contributed by atoms with Gasteiger partial charge in [-0.15, -0.1) is 10.2 Å². The number of amides is 1. The monoisotopic (exact) mass is 527 g/mol. The Hall–Kier alpha value is -4.43. The Kier molecular flexibility index (Phi) is 5.96. The average Bonchev–Trinajstić information content (AvgIpc) is 3.42. The second kappa shape index (κ2) is 9.46. The van der Waals surface area contributed by atoms with Gasteiger partial charge in [0.2, 0.25) is 5.91 Å². The summed E-state index contributed by atoms with van der Waals surface area (Å²) in [6, 6.07) is 15.5. The molecule has 1 amide bonds. The van der Waals surface area contributed by atoms with E-state index in [1.54, 1.807) is 17.0 Å². The molecule has 3 aromatic carbocycles. The molecule has 0 radical (unpaired) electrons. The van der Waals surface area contributed by atoms with Crippen LogP contribution in [0.2, 0.25) is 5.02 Å². The first-order valence-electron chi connectivity index (χ1n) is 12.2. The largest absolute Gasteiger partial charge is 0.507 e. The Labute approximate surface area is 222 Å². The number of hydrogen-bond acceptors (Lipinski definition) is 5. The standard InChI is InChI=1S/C29H23ClFN5O2/c1-2-26(38)35-11-13-36(14-12-35)29-20-16-22(30)21(27-23(31)6-4-8-25(27)37)15-19(20)28(33-34-29)18-5-3-7-24-17(18)9-10-32-24/h2-10,15-16,32,37H,1,11-14H2. The minimum Gasteiger partial charge on any atom is -0.507 e. The van der Waals surface area contributed by atoms with E-state index in [4.69, 9.17) is 11.6 Å². The molecule has 0 bridgehead atoms. The molecule has 6 rings (SSSR count). The van der Waals surface area contributed by atoms with E-state index in [2.05, 4.69) is 26.7 Å². The number of carbonyl (C=O) groups is 1. The van der Waals surface area contributed by atoms with Gasteiger partial charge in [0.1, 0.15) is 17.3 Å². The number of rotatable bonds is 4. The second-order valence-corrected chi connectivity index (χ2v) is 9.55. The highest BCUT2D eigenvalue weighted by Gasteiger charge is 2.25. The molecular formula is C29H23ClFN5O2. The van der Waals surface area contributed by atoms with Crippen molar-refractivity contribution in [3.63, 3.8) is 0 Å². The summed E-state index contributed by atoms with van der Waals surface area (Å²) in [4.78, 5) is 19.1. The molecule has 3 heterocycles. The maximum Gasteiger partial charge on any atom is 0.246 e. The molecule has 38 heavy (non-hydrogen) atoms. The quantitative estimate of drug-likeness (QED) is 0.289. The summed E-state index contributed by atoms with van der Waals surface area (Å²) in [5, 5.41) is 22.5. The van der Waals surface area contributed by atoms with Gasteiger partial charge in [0, 0.05) is 70.2 Å². The van der Waals surface area contributed by atoms with Crippen LogP contribution in [0.4, 0.5) is 10.2 Å². The van der Waals surface area contributed by atoms with Crippen molar-refractivity contribution in [3.05, 3.63) is 84.3 Å². The number of anilines is 1. The smallest absolute Gasteiger partial charge is 0.246 e. The van der Waals surface area contributed by atoms with Gasteiger partial charge in [-0.1, -0.05) is 36.4 Å². The summed E-state index contributed by atoms with van der Waals surface area (Å²) < 4.78 is 14.9. The van der Waals surface area contributed by atoms with Crippen molar-refractivity contribution in [2.45, 2.75) is 0 Å². The zero-order valence-electron chi connectivity index (χ0n) is 20.3. The van der Waals surface area contributed by atoms with E-state index in [9.17, 15) is 14.3 Å². The minimum absolute atomic E-state index is 0.0279. The number of phenolic OH excluding ortho intramolecular Hbond substituents is 1. The van der Waals surface area contributed by atoms with Crippen LogP contribution >= 0.6 is 11.6 Å². The fraction of sp³-hybridized carbons (Fsp3) is 0.138. The number of H-pyrrole nitrogens is 1. The van der Waals surface area contributed by atoms with Gasteiger partial charge in [-0.2, -0.15) is 0 Å². The molecule has 0 atom stereocenters. The van der Waals surface area contributed by atoms with Crippen LogP contribution in [-0.2, 0) is 4.79 Å². The first-order chi connectivity index (χ1) is 18.5. The van der Waals surface area contributed by atoms with Gasteiger partial charge in [0.05, 0.1) is 5.56 Å². The number of nitrogens with one attached hydrogen (secondary N) is 1. The van der Waals surface area contributed by atoms with Crippen molar-refractivity contribution < 1.29 is 14.3 Å². The summed E-state index contributed by atoms with van der Waals surface area (Å²) in [5.74, 6) is -0.258. The minimum atomic E-state index is -0.578. The number of aromatic hydroxyl groups is 1. The van der Waals surface area contributed by atoms with Crippen molar-refractivity contribution in [1.29, 1.82) is 0 Å². The lowest BCUT2D eigenvalue weighted by Gasteiger charge is -2.35. The SMILES string of the molecule is C=CC(=O)N1CCN(c2nnc(-c3cccc4[nH]ccc34)c3cc(-c4c(O)cccc4F)c(Cl)cc23)CC1. The van der Waals surface area contributed by atoms with Crippen molar-refractivity contribution in [2.24, 2.45) is 0 Å². The highest BCUT2D eigenvalue weighted by molar-refractivity contribution is 6.34. The molecule has 0 spiro atoms. The summed E-state index contributed by atoms with van der Waals surface area (Å²) in [5.41, 5.74) is 2.81. The van der Waals surface area contributed by atoms with Gasteiger partial charge in [0.15, 0.2) is 5.82 Å². The Morgan fingerprint density at radius 3 is 2.55 bits per heavy atom. The predicted molar refractivity (Wildman–Crippen MR) is 148 cm³/mol. The van der Waals surface area contributed by atoms with Crippen LogP contribution in [0.25, 0.3) is 44.1 Å². The van der Waals surface area contributed by atoms with E-state index < -0.39 is 5.82 Å². The van der Waals surface area contributed by atoms with E-state index in [1.807, 2.05) is 30.5 Å². The van der Waals surface area contributed by atoms with Crippen molar-refractivity contribution in [1.82, 2.24) is 20.1 Å². The number of aromatic amines is 1. The number of nitrogens with zero attached hydrogens (tertiary/aromatic N) is 4. The Morgan fingerprint density at radius 1 is 1.00 bits per heavy atom. The molecule has 1 aliphatic heterocycles. The third kappa shape index (κ3) is 3.94. The van der Waals surface area contributed by atoms with E-state index in [0.29, 0.717) is 43.3 Å². The summed E-state index contributed by atoms with van der Waals surface area (Å²) in [6.45, 7) is 5.74. The molecule has 9 heteroatoms. The number of phenols is 1. The van der Waals surface area contributed by atoms with E-state index in [0.717, 1.165) is 27.2 Å². The maximum absolute atomic E-state index is 14.9. The van der Waals surface area contributed by atoms with E-state index in [-0.39, 0.29) is 22.2 Å². The van der Waals surface area contributed by atoms with Crippen LogP contribution in [-0.4, -0.2) is 57.3 Å². The summed E-state index contributed by atoms with van der Waals surface area (Å²) in [7, 11) is 0. The van der Waals surface area contributed by atoms with Gasteiger partial charge >= 0.3 is 0 Å². The summed E-state index contributed by atoms with van der Waals surface area (Å²) >= 11 is 6.74. The molecule has 190 valence electrons. The van der Waals surface area contributed by atoms with Crippen LogP contribution in [0, 0.1) is 5.82 Å². The Bertz CT molecular complexity index is 1710. The molecule has 5 aromatic rings. The fourth-order valence-electron chi connectivity index (χ4n) is 5.12. The lowest BCUT2D eigenvalue weighted by molar-refractivity contribution is -0.126. The highest BCUT2D eigenvalue weighted by Crippen LogP contribution is 2.43. The third-order valence-corrected chi connectivity index (χ3v) is 7.34. The number of aromatic nitrogens is 3. The Morgan fingerprint density at radius 2 is 1.79 bits per heavy atom.